The molecule has 0 aliphatic carbocycles. The molecule has 1 aliphatic rings. The van der Waals surface area contributed by atoms with Crippen molar-refractivity contribution in [1.82, 2.24) is 15.5 Å². The lowest BCUT2D eigenvalue weighted by atomic mass is 10.1. The molecule has 1 N–H and O–H groups in total. The van der Waals surface area contributed by atoms with Gasteiger partial charge >= 0.3 is 0 Å². The highest BCUT2D eigenvalue weighted by Crippen LogP contribution is 2.18. The lowest BCUT2D eigenvalue weighted by Crippen LogP contribution is -2.35. The molecule has 0 spiro atoms. The summed E-state index contributed by atoms with van der Waals surface area (Å²) in [6, 6.07) is 7.17. The third-order valence-corrected chi connectivity index (χ3v) is 3.89. The van der Waals surface area contributed by atoms with Gasteiger partial charge in [0.25, 0.3) is 5.91 Å². The quantitative estimate of drug-likeness (QED) is 0.866. The molecule has 0 fully saturated rings. The maximum atomic E-state index is 12.0. The number of benzene rings is 1. The number of hydrogen-bond donors (Lipinski definition) is 1. The van der Waals surface area contributed by atoms with E-state index < -0.39 is 6.10 Å². The van der Waals surface area contributed by atoms with Crippen LogP contribution in [0.25, 0.3) is 11.4 Å². The Balaban J connectivity index is 1.47. The summed E-state index contributed by atoms with van der Waals surface area (Å²) in [6.45, 7) is 2.37. The van der Waals surface area contributed by atoms with E-state index in [1.807, 2.05) is 19.1 Å². The van der Waals surface area contributed by atoms with E-state index in [1.54, 1.807) is 12.1 Å². The van der Waals surface area contributed by atoms with Gasteiger partial charge in [-0.25, -0.2) is 0 Å². The molecule has 0 saturated carbocycles. The van der Waals surface area contributed by atoms with E-state index in [-0.39, 0.29) is 5.91 Å². The number of oxime groups is 1. The van der Waals surface area contributed by atoms with E-state index in [0.29, 0.717) is 36.1 Å². The van der Waals surface area contributed by atoms with Crippen molar-refractivity contribution in [1.29, 1.82) is 0 Å². The summed E-state index contributed by atoms with van der Waals surface area (Å²) >= 11 is 5.85. The maximum Gasteiger partial charge on any atom is 0.264 e. The number of halogens is 1. The Morgan fingerprint density at radius 2 is 2.17 bits per heavy atom. The van der Waals surface area contributed by atoms with Gasteiger partial charge in [0.1, 0.15) is 0 Å². The van der Waals surface area contributed by atoms with Crippen LogP contribution in [-0.2, 0) is 16.1 Å². The summed E-state index contributed by atoms with van der Waals surface area (Å²) < 4.78 is 5.19. The van der Waals surface area contributed by atoms with E-state index in [2.05, 4.69) is 20.6 Å². The Morgan fingerprint density at radius 3 is 2.88 bits per heavy atom. The molecule has 1 aromatic heterocycles. The van der Waals surface area contributed by atoms with Crippen molar-refractivity contribution >= 4 is 23.2 Å². The summed E-state index contributed by atoms with van der Waals surface area (Å²) in [4.78, 5) is 21.4. The summed E-state index contributed by atoms with van der Waals surface area (Å²) in [6.07, 6.45) is 1.25. The minimum atomic E-state index is -0.535. The number of hydrogen-bond acceptors (Lipinski definition) is 6. The molecule has 126 valence electrons. The van der Waals surface area contributed by atoms with Gasteiger partial charge in [-0.3, -0.25) is 4.79 Å². The normalized spacial score (nSPS) is 16.6. The fourth-order valence-electron chi connectivity index (χ4n) is 2.26. The first-order chi connectivity index (χ1) is 11.7. The summed E-state index contributed by atoms with van der Waals surface area (Å²) in [5.74, 6) is 0.769. The molecule has 3 rings (SSSR count). The SMILES string of the molecule is CCC1=NO[C@H](C(=O)NCCc2nc(-c3ccc(Cl)cc3)no2)C1. The summed E-state index contributed by atoms with van der Waals surface area (Å²) in [5.41, 5.74) is 1.72. The van der Waals surface area contributed by atoms with E-state index >= 15 is 0 Å². The topological polar surface area (TPSA) is 89.6 Å². The minimum absolute atomic E-state index is 0.181. The molecule has 0 saturated heterocycles. The zero-order chi connectivity index (χ0) is 16.9. The highest BCUT2D eigenvalue weighted by molar-refractivity contribution is 6.30. The van der Waals surface area contributed by atoms with Crippen molar-refractivity contribution < 1.29 is 14.2 Å². The van der Waals surface area contributed by atoms with Gasteiger partial charge in [-0.1, -0.05) is 28.8 Å². The number of rotatable bonds is 6. The first kappa shape index (κ1) is 16.4. The number of nitrogens with one attached hydrogen (secondary N) is 1. The Morgan fingerprint density at radius 1 is 1.38 bits per heavy atom. The molecule has 7 nitrogen and oxygen atoms in total. The molecule has 0 unspecified atom stereocenters. The molecule has 0 radical (unpaired) electrons. The Labute approximate surface area is 144 Å². The van der Waals surface area contributed by atoms with Crippen LogP contribution in [0.4, 0.5) is 0 Å². The predicted octanol–water partition coefficient (Wildman–Crippen LogP) is 2.60. The third-order valence-electron chi connectivity index (χ3n) is 3.64. The average Bonchev–Trinajstić information content (AvgIpc) is 3.24. The van der Waals surface area contributed by atoms with Crippen LogP contribution in [0.5, 0.6) is 0 Å². The molecule has 0 bridgehead atoms. The average molecular weight is 349 g/mol. The Bertz CT molecular complexity index is 742. The molecular formula is C16H17ClN4O3. The zero-order valence-electron chi connectivity index (χ0n) is 13.2. The number of aromatic nitrogens is 2. The number of carbonyl (C=O) groups excluding carboxylic acids is 1. The van der Waals surface area contributed by atoms with Crippen molar-refractivity contribution in [2.24, 2.45) is 5.16 Å². The number of nitrogens with zero attached hydrogens (tertiary/aromatic N) is 3. The highest BCUT2D eigenvalue weighted by Gasteiger charge is 2.26. The van der Waals surface area contributed by atoms with Crippen molar-refractivity contribution in [2.75, 3.05) is 6.54 Å². The highest BCUT2D eigenvalue weighted by atomic mass is 35.5. The van der Waals surface area contributed by atoms with Crippen LogP contribution in [0.2, 0.25) is 5.02 Å². The molecule has 1 aliphatic heterocycles. The van der Waals surface area contributed by atoms with Gasteiger partial charge in [-0.05, 0) is 30.7 Å². The van der Waals surface area contributed by atoms with Crippen LogP contribution in [0, 0.1) is 0 Å². The van der Waals surface area contributed by atoms with E-state index in [0.717, 1.165) is 17.7 Å². The van der Waals surface area contributed by atoms with Crippen LogP contribution in [0.3, 0.4) is 0 Å². The molecule has 1 aromatic carbocycles. The third kappa shape index (κ3) is 3.91. The van der Waals surface area contributed by atoms with E-state index in [9.17, 15) is 4.79 Å². The maximum absolute atomic E-state index is 12.0. The van der Waals surface area contributed by atoms with Crippen molar-refractivity contribution in [3.63, 3.8) is 0 Å². The second-order valence-corrected chi connectivity index (χ2v) is 5.81. The van der Waals surface area contributed by atoms with Gasteiger partial charge in [-0.15, -0.1) is 0 Å². The lowest BCUT2D eigenvalue weighted by Gasteiger charge is -2.08. The van der Waals surface area contributed by atoms with Gasteiger partial charge in [0, 0.05) is 30.0 Å². The largest absolute Gasteiger partial charge is 0.382 e. The lowest BCUT2D eigenvalue weighted by molar-refractivity contribution is -0.131. The molecular weight excluding hydrogens is 332 g/mol. The molecule has 1 atom stereocenters. The van der Waals surface area contributed by atoms with E-state index in [1.165, 1.54) is 0 Å². The van der Waals surface area contributed by atoms with Crippen LogP contribution < -0.4 is 5.32 Å². The first-order valence-corrected chi connectivity index (χ1v) is 8.11. The summed E-state index contributed by atoms with van der Waals surface area (Å²) in [7, 11) is 0. The van der Waals surface area contributed by atoms with Gasteiger partial charge in [-0.2, -0.15) is 4.98 Å². The number of carbonyl (C=O) groups is 1. The predicted molar refractivity (Wildman–Crippen MR) is 88.7 cm³/mol. The van der Waals surface area contributed by atoms with Crippen LogP contribution >= 0.6 is 11.6 Å². The minimum Gasteiger partial charge on any atom is -0.382 e. The van der Waals surface area contributed by atoms with E-state index in [4.69, 9.17) is 21.0 Å². The number of amides is 1. The molecule has 24 heavy (non-hydrogen) atoms. The zero-order valence-corrected chi connectivity index (χ0v) is 13.9. The van der Waals surface area contributed by atoms with Gasteiger partial charge in [0.15, 0.2) is 0 Å². The fraction of sp³-hybridized carbons (Fsp3) is 0.375. The standard InChI is InChI=1S/C16H17ClN4O3/c1-2-12-9-13(23-20-12)16(22)18-8-7-14-19-15(21-24-14)10-3-5-11(17)6-4-10/h3-6,13H,2,7-9H2,1H3,(H,18,22)/t13-/m0/s1. The molecule has 2 heterocycles. The van der Waals surface area contributed by atoms with Crippen molar-refractivity contribution in [2.45, 2.75) is 32.3 Å². The monoisotopic (exact) mass is 348 g/mol. The van der Waals surface area contributed by atoms with Crippen LogP contribution in [0.1, 0.15) is 25.7 Å². The van der Waals surface area contributed by atoms with Crippen molar-refractivity contribution in [3.8, 4) is 11.4 Å². The van der Waals surface area contributed by atoms with Crippen LogP contribution in [0.15, 0.2) is 33.9 Å². The smallest absolute Gasteiger partial charge is 0.264 e. The second-order valence-electron chi connectivity index (χ2n) is 5.37. The van der Waals surface area contributed by atoms with Crippen molar-refractivity contribution in [3.05, 3.63) is 35.2 Å². The summed E-state index contributed by atoms with van der Waals surface area (Å²) in [5, 5.41) is 11.2. The molecule has 8 heteroatoms. The Kier molecular flexibility index (Phi) is 5.10. The Hall–Kier alpha value is -2.41. The first-order valence-electron chi connectivity index (χ1n) is 7.73. The molecule has 1 amide bonds. The van der Waals surface area contributed by atoms with Gasteiger partial charge in [0.05, 0.1) is 5.71 Å². The molecule has 2 aromatic rings. The fourth-order valence-corrected chi connectivity index (χ4v) is 2.38. The van der Waals surface area contributed by atoms with Gasteiger partial charge < -0.3 is 14.7 Å². The van der Waals surface area contributed by atoms with Crippen LogP contribution in [-0.4, -0.2) is 34.4 Å². The van der Waals surface area contributed by atoms with Gasteiger partial charge in [0.2, 0.25) is 17.8 Å². The second kappa shape index (κ2) is 7.44.